The molecular weight excluding hydrogens is 308 g/mol. The second kappa shape index (κ2) is 8.64. The highest BCUT2D eigenvalue weighted by Gasteiger charge is 2.18. The Hall–Kier alpha value is -1.92. The van der Waals surface area contributed by atoms with Crippen molar-refractivity contribution in [3.8, 4) is 11.3 Å². The lowest BCUT2D eigenvalue weighted by atomic mass is 10.1. The van der Waals surface area contributed by atoms with Gasteiger partial charge in [-0.05, 0) is 26.1 Å². The first-order chi connectivity index (χ1) is 11.2. The van der Waals surface area contributed by atoms with Gasteiger partial charge in [0.1, 0.15) is 4.88 Å². The molecule has 1 aromatic heterocycles. The summed E-state index contributed by atoms with van der Waals surface area (Å²) in [7, 11) is 0. The number of carbonyl (C=O) groups excluding carboxylic acids is 1. The van der Waals surface area contributed by atoms with Crippen molar-refractivity contribution >= 4 is 22.4 Å². The molecule has 6 heteroatoms. The molecule has 2 aromatic rings. The minimum absolute atomic E-state index is 0.0994. The summed E-state index contributed by atoms with van der Waals surface area (Å²) in [6.07, 6.45) is 0.933. The maximum Gasteiger partial charge on any atom is 0.263 e. The molecule has 1 amide bonds. The molecule has 0 saturated carbocycles. The first kappa shape index (κ1) is 17.4. The fraction of sp³-hybridized carbons (Fsp3) is 0.412. The van der Waals surface area contributed by atoms with Crippen LogP contribution in [0.15, 0.2) is 30.3 Å². The molecule has 124 valence electrons. The van der Waals surface area contributed by atoms with Gasteiger partial charge in [0.2, 0.25) is 0 Å². The summed E-state index contributed by atoms with van der Waals surface area (Å²) < 4.78 is 0. The number of nitrogens with two attached hydrogens (primary N) is 1. The van der Waals surface area contributed by atoms with Crippen molar-refractivity contribution in [3.05, 3.63) is 35.2 Å². The van der Waals surface area contributed by atoms with Gasteiger partial charge >= 0.3 is 0 Å². The van der Waals surface area contributed by atoms with E-state index in [4.69, 9.17) is 5.73 Å². The Morgan fingerprint density at radius 2 is 1.96 bits per heavy atom. The SMILES string of the molecule is CCN(CC)CCCNC(=O)c1sc(N)nc1-c1ccccc1. The summed E-state index contributed by atoms with van der Waals surface area (Å²) in [6, 6.07) is 9.66. The fourth-order valence-corrected chi connectivity index (χ4v) is 3.18. The Morgan fingerprint density at radius 1 is 1.26 bits per heavy atom. The highest BCUT2D eigenvalue weighted by molar-refractivity contribution is 7.17. The molecule has 0 aliphatic heterocycles. The van der Waals surface area contributed by atoms with Gasteiger partial charge in [-0.25, -0.2) is 4.98 Å². The van der Waals surface area contributed by atoms with Gasteiger partial charge in [0.25, 0.3) is 5.91 Å². The molecule has 23 heavy (non-hydrogen) atoms. The minimum atomic E-state index is -0.0994. The smallest absolute Gasteiger partial charge is 0.263 e. The van der Waals surface area contributed by atoms with E-state index in [2.05, 4.69) is 29.0 Å². The van der Waals surface area contributed by atoms with Gasteiger partial charge in [0, 0.05) is 12.1 Å². The fourth-order valence-electron chi connectivity index (χ4n) is 2.41. The predicted molar refractivity (Wildman–Crippen MR) is 96.7 cm³/mol. The molecule has 0 aliphatic carbocycles. The van der Waals surface area contributed by atoms with Crippen LogP contribution in [0, 0.1) is 0 Å². The van der Waals surface area contributed by atoms with Crippen LogP contribution in [0.2, 0.25) is 0 Å². The van der Waals surface area contributed by atoms with Gasteiger partial charge in [-0.2, -0.15) is 0 Å². The van der Waals surface area contributed by atoms with Crippen LogP contribution in [0.1, 0.15) is 29.9 Å². The van der Waals surface area contributed by atoms with E-state index in [9.17, 15) is 4.79 Å². The van der Waals surface area contributed by atoms with E-state index in [0.29, 0.717) is 22.2 Å². The summed E-state index contributed by atoms with van der Waals surface area (Å²) in [5.41, 5.74) is 7.38. The van der Waals surface area contributed by atoms with Crippen molar-refractivity contribution < 1.29 is 4.79 Å². The number of thiazole rings is 1. The topological polar surface area (TPSA) is 71.2 Å². The van der Waals surface area contributed by atoms with Crippen LogP contribution in [-0.2, 0) is 0 Å². The Balaban J connectivity index is 1.98. The molecule has 0 aliphatic rings. The maximum atomic E-state index is 12.4. The average molecular weight is 332 g/mol. The van der Waals surface area contributed by atoms with Crippen LogP contribution in [0.25, 0.3) is 11.3 Å². The van der Waals surface area contributed by atoms with E-state index >= 15 is 0 Å². The number of anilines is 1. The molecule has 1 aromatic carbocycles. The Morgan fingerprint density at radius 3 is 2.61 bits per heavy atom. The summed E-state index contributed by atoms with van der Waals surface area (Å²) >= 11 is 1.23. The lowest BCUT2D eigenvalue weighted by Crippen LogP contribution is -2.29. The summed E-state index contributed by atoms with van der Waals surface area (Å²) in [5, 5.41) is 3.39. The normalized spacial score (nSPS) is 10.9. The molecular formula is C17H24N4OS. The summed E-state index contributed by atoms with van der Waals surface area (Å²) in [5.74, 6) is -0.0994. The molecule has 0 saturated heterocycles. The van der Waals surface area contributed by atoms with Crippen LogP contribution in [0.4, 0.5) is 5.13 Å². The van der Waals surface area contributed by atoms with Gasteiger partial charge in [0.15, 0.2) is 5.13 Å². The molecule has 5 nitrogen and oxygen atoms in total. The van der Waals surface area contributed by atoms with Gasteiger partial charge in [-0.3, -0.25) is 4.79 Å². The molecule has 0 unspecified atom stereocenters. The zero-order chi connectivity index (χ0) is 16.7. The molecule has 0 fully saturated rings. The van der Waals surface area contributed by atoms with Crippen molar-refractivity contribution in [2.24, 2.45) is 0 Å². The quantitative estimate of drug-likeness (QED) is 0.729. The van der Waals surface area contributed by atoms with Crippen LogP contribution in [-0.4, -0.2) is 42.0 Å². The maximum absolute atomic E-state index is 12.4. The lowest BCUT2D eigenvalue weighted by Gasteiger charge is -2.17. The first-order valence-electron chi connectivity index (χ1n) is 7.98. The van der Waals surface area contributed by atoms with Gasteiger partial charge in [-0.15, -0.1) is 0 Å². The zero-order valence-corrected chi connectivity index (χ0v) is 14.5. The van der Waals surface area contributed by atoms with Crippen LogP contribution >= 0.6 is 11.3 Å². The van der Waals surface area contributed by atoms with Crippen molar-refractivity contribution in [1.82, 2.24) is 15.2 Å². The summed E-state index contributed by atoms with van der Waals surface area (Å²) in [4.78, 5) is 19.7. The Labute approximate surface area is 141 Å². The Bertz CT molecular complexity index is 623. The third-order valence-corrected chi connectivity index (χ3v) is 4.61. The predicted octanol–water partition coefficient (Wildman–Crippen LogP) is 2.85. The molecule has 0 spiro atoms. The third-order valence-electron chi connectivity index (χ3n) is 3.73. The number of rotatable bonds is 8. The largest absolute Gasteiger partial charge is 0.375 e. The average Bonchev–Trinajstić information content (AvgIpc) is 2.97. The Kier molecular flexibility index (Phi) is 6.55. The zero-order valence-electron chi connectivity index (χ0n) is 13.7. The number of amides is 1. The number of nitrogens with zero attached hydrogens (tertiary/aromatic N) is 2. The van der Waals surface area contributed by atoms with Gasteiger partial charge < -0.3 is 16.0 Å². The van der Waals surface area contributed by atoms with Gasteiger partial charge in [-0.1, -0.05) is 55.5 Å². The van der Waals surface area contributed by atoms with Crippen molar-refractivity contribution in [2.75, 3.05) is 31.9 Å². The number of nitrogens with one attached hydrogen (secondary N) is 1. The molecule has 2 rings (SSSR count). The van der Waals surface area contributed by atoms with Crippen molar-refractivity contribution in [3.63, 3.8) is 0 Å². The molecule has 0 bridgehead atoms. The highest BCUT2D eigenvalue weighted by Crippen LogP contribution is 2.29. The van der Waals surface area contributed by atoms with Crippen molar-refractivity contribution in [1.29, 1.82) is 0 Å². The van der Waals surface area contributed by atoms with E-state index in [0.717, 1.165) is 31.6 Å². The standard InChI is InChI=1S/C17H24N4OS/c1-3-21(4-2)12-8-11-19-16(22)15-14(20-17(18)23-15)13-9-6-5-7-10-13/h5-7,9-10H,3-4,8,11-12H2,1-2H3,(H2,18,20)(H,19,22). The van der Waals surface area contributed by atoms with E-state index in [-0.39, 0.29) is 5.91 Å². The minimum Gasteiger partial charge on any atom is -0.375 e. The van der Waals surface area contributed by atoms with E-state index < -0.39 is 0 Å². The summed E-state index contributed by atoms with van der Waals surface area (Å²) in [6.45, 7) is 8.01. The first-order valence-corrected chi connectivity index (χ1v) is 8.79. The van der Waals surface area contributed by atoms with E-state index in [1.165, 1.54) is 11.3 Å². The number of nitrogen functional groups attached to an aromatic ring is 1. The second-order valence-electron chi connectivity index (χ2n) is 5.23. The number of benzene rings is 1. The molecule has 0 atom stereocenters. The molecule has 3 N–H and O–H groups in total. The van der Waals surface area contributed by atoms with Crippen molar-refractivity contribution in [2.45, 2.75) is 20.3 Å². The van der Waals surface area contributed by atoms with E-state index in [1.807, 2.05) is 30.3 Å². The number of aromatic nitrogens is 1. The number of hydrogen-bond acceptors (Lipinski definition) is 5. The lowest BCUT2D eigenvalue weighted by molar-refractivity contribution is 0.0956. The third kappa shape index (κ3) is 4.77. The van der Waals surface area contributed by atoms with Crippen LogP contribution < -0.4 is 11.1 Å². The second-order valence-corrected chi connectivity index (χ2v) is 6.26. The molecule has 1 heterocycles. The number of carbonyl (C=O) groups is 1. The molecule has 0 radical (unpaired) electrons. The number of hydrogen-bond donors (Lipinski definition) is 2. The van der Waals surface area contributed by atoms with E-state index in [1.54, 1.807) is 0 Å². The highest BCUT2D eigenvalue weighted by atomic mass is 32.1. The van der Waals surface area contributed by atoms with Gasteiger partial charge in [0.05, 0.1) is 5.69 Å². The van der Waals surface area contributed by atoms with Crippen LogP contribution in [0.5, 0.6) is 0 Å². The monoisotopic (exact) mass is 332 g/mol. The van der Waals surface area contributed by atoms with Crippen LogP contribution in [0.3, 0.4) is 0 Å².